The zero-order valence-corrected chi connectivity index (χ0v) is 14.6. The average molecular weight is 357 g/mol. The van der Waals surface area contributed by atoms with E-state index < -0.39 is 0 Å². The Morgan fingerprint density at radius 3 is 1.92 bits per heavy atom. The van der Waals surface area contributed by atoms with Crippen LogP contribution in [0.1, 0.15) is 0 Å². The number of ether oxygens (including phenoxy) is 2. The molecule has 1 heterocycles. The lowest BCUT2D eigenvalue weighted by molar-refractivity contribution is 0.414. The Morgan fingerprint density at radius 1 is 0.885 bits per heavy atom. The number of anilines is 2. The van der Waals surface area contributed by atoms with Gasteiger partial charge in [0.2, 0.25) is 5.96 Å². The van der Waals surface area contributed by atoms with Crippen LogP contribution in [0.4, 0.5) is 11.4 Å². The van der Waals surface area contributed by atoms with Gasteiger partial charge in [0.25, 0.3) is 0 Å². The van der Waals surface area contributed by atoms with Crippen molar-refractivity contribution in [3.63, 3.8) is 0 Å². The first-order valence-electron chi connectivity index (χ1n) is 8.08. The molecule has 138 valence electrons. The van der Waals surface area contributed by atoms with Crippen molar-refractivity contribution in [2.45, 2.75) is 12.6 Å². The molecule has 0 aromatic heterocycles. The van der Waals surface area contributed by atoms with Crippen LogP contribution >= 0.6 is 0 Å². The maximum absolute atomic E-state index is 5.53. The number of nitrogens with zero attached hydrogens (tertiary/aromatic N) is 1. The highest BCUT2D eigenvalue weighted by Crippen LogP contribution is 2.17. The fourth-order valence-corrected chi connectivity index (χ4v) is 2.47. The van der Waals surface area contributed by atoms with Crippen molar-refractivity contribution in [1.29, 1.82) is 0 Å². The van der Waals surface area contributed by atoms with Gasteiger partial charge in [-0.2, -0.15) is 0 Å². The SMILES string of the molecule is COc1ccc(NC2N=C(NN)NC(Nc3ccc(OC)cc3)N2)cc1. The lowest BCUT2D eigenvalue weighted by atomic mass is 10.3. The fraction of sp³-hybridized carbons (Fsp3) is 0.235. The molecule has 0 bridgehead atoms. The molecule has 2 atom stereocenters. The number of hydrogen-bond acceptors (Lipinski definition) is 9. The number of aliphatic imine (C=N–C) groups is 1. The first-order valence-corrected chi connectivity index (χ1v) is 8.08. The van der Waals surface area contributed by atoms with E-state index in [0.29, 0.717) is 5.96 Å². The minimum atomic E-state index is -0.383. The number of hydrogen-bond donors (Lipinski definition) is 6. The van der Waals surface area contributed by atoms with Crippen molar-refractivity contribution in [2.24, 2.45) is 10.8 Å². The van der Waals surface area contributed by atoms with Crippen molar-refractivity contribution in [3.8, 4) is 11.5 Å². The number of nitrogens with one attached hydrogen (secondary N) is 5. The molecule has 2 aromatic rings. The minimum absolute atomic E-state index is 0.289. The molecular weight excluding hydrogens is 334 g/mol. The van der Waals surface area contributed by atoms with E-state index in [4.69, 9.17) is 15.3 Å². The molecule has 0 saturated carbocycles. The van der Waals surface area contributed by atoms with Gasteiger partial charge in [-0.1, -0.05) is 0 Å². The van der Waals surface area contributed by atoms with Gasteiger partial charge in [-0.15, -0.1) is 0 Å². The quantitative estimate of drug-likeness (QED) is 0.332. The molecule has 9 nitrogen and oxygen atoms in total. The third-order valence-corrected chi connectivity index (χ3v) is 3.79. The van der Waals surface area contributed by atoms with Gasteiger partial charge in [0, 0.05) is 11.4 Å². The fourth-order valence-electron chi connectivity index (χ4n) is 2.47. The molecule has 0 saturated heterocycles. The summed E-state index contributed by atoms with van der Waals surface area (Å²) in [4.78, 5) is 4.41. The number of rotatable bonds is 6. The topological polar surface area (TPSA) is 117 Å². The lowest BCUT2D eigenvalue weighted by Crippen LogP contribution is -2.63. The van der Waals surface area contributed by atoms with Gasteiger partial charge in [-0.25, -0.2) is 16.2 Å². The van der Waals surface area contributed by atoms with E-state index in [1.807, 2.05) is 48.5 Å². The van der Waals surface area contributed by atoms with Gasteiger partial charge in [-0.3, -0.25) is 5.43 Å². The van der Waals surface area contributed by atoms with Crippen LogP contribution in [0, 0.1) is 0 Å². The molecule has 1 aliphatic heterocycles. The van der Waals surface area contributed by atoms with E-state index in [1.54, 1.807) is 14.2 Å². The second-order valence-electron chi connectivity index (χ2n) is 5.51. The maximum atomic E-state index is 5.53. The van der Waals surface area contributed by atoms with E-state index in [1.165, 1.54) is 0 Å². The molecule has 0 radical (unpaired) electrons. The Hall–Kier alpha value is -3.17. The van der Waals surface area contributed by atoms with Crippen LogP contribution in [0.15, 0.2) is 53.5 Å². The molecule has 3 rings (SSSR count). The summed E-state index contributed by atoms with van der Waals surface area (Å²) in [7, 11) is 3.27. The predicted octanol–water partition coefficient (Wildman–Crippen LogP) is 0.807. The molecule has 0 fully saturated rings. The standard InChI is InChI=1S/C17H23N7O2/c1-25-13-7-3-11(4-8-13)19-15-21-16(23-17(22-15)24-18)20-12-5-9-14(26-2)10-6-12/h3-10,15-16,19-21H,18H2,1-2H3,(H2,22,23,24). The van der Waals surface area contributed by atoms with Gasteiger partial charge in [0.05, 0.1) is 14.2 Å². The van der Waals surface area contributed by atoms with Crippen LogP contribution in [0.5, 0.6) is 11.5 Å². The summed E-state index contributed by atoms with van der Waals surface area (Å²) in [5.74, 6) is 7.58. The van der Waals surface area contributed by atoms with E-state index >= 15 is 0 Å². The molecule has 2 unspecified atom stereocenters. The molecule has 9 heteroatoms. The van der Waals surface area contributed by atoms with Crippen LogP contribution in [-0.4, -0.2) is 32.8 Å². The van der Waals surface area contributed by atoms with Gasteiger partial charge in [-0.05, 0) is 48.5 Å². The van der Waals surface area contributed by atoms with Gasteiger partial charge in [0.15, 0.2) is 12.6 Å². The highest BCUT2D eigenvalue weighted by Gasteiger charge is 2.21. The number of nitrogens with two attached hydrogens (primary N) is 1. The van der Waals surface area contributed by atoms with Gasteiger partial charge < -0.3 is 25.4 Å². The Labute approximate surface area is 151 Å². The highest BCUT2D eigenvalue weighted by atomic mass is 16.5. The van der Waals surface area contributed by atoms with Gasteiger partial charge in [0.1, 0.15) is 11.5 Å². The number of benzene rings is 2. The zero-order chi connectivity index (χ0) is 18.4. The highest BCUT2D eigenvalue weighted by molar-refractivity contribution is 5.80. The molecule has 2 aromatic carbocycles. The van der Waals surface area contributed by atoms with E-state index in [2.05, 4.69) is 31.7 Å². The first-order chi connectivity index (χ1) is 12.7. The Kier molecular flexibility index (Phi) is 5.62. The number of guanidine groups is 1. The monoisotopic (exact) mass is 357 g/mol. The van der Waals surface area contributed by atoms with E-state index in [9.17, 15) is 0 Å². The van der Waals surface area contributed by atoms with Crippen molar-refractivity contribution in [1.82, 2.24) is 16.1 Å². The summed E-state index contributed by atoms with van der Waals surface area (Å²) in [6.45, 7) is 0. The predicted molar refractivity (Wildman–Crippen MR) is 102 cm³/mol. The van der Waals surface area contributed by atoms with E-state index in [-0.39, 0.29) is 12.6 Å². The Morgan fingerprint density at radius 2 is 1.42 bits per heavy atom. The Bertz CT molecular complexity index is 734. The van der Waals surface area contributed by atoms with Crippen molar-refractivity contribution >= 4 is 17.3 Å². The van der Waals surface area contributed by atoms with Crippen LogP contribution in [0.3, 0.4) is 0 Å². The van der Waals surface area contributed by atoms with Crippen LogP contribution in [0.2, 0.25) is 0 Å². The number of methoxy groups -OCH3 is 2. The molecule has 0 spiro atoms. The summed E-state index contributed by atoms with van der Waals surface area (Å²) in [5, 5.41) is 13.0. The summed E-state index contributed by atoms with van der Waals surface area (Å²) >= 11 is 0. The normalized spacial score (nSPS) is 19.0. The van der Waals surface area contributed by atoms with Crippen LogP contribution in [0.25, 0.3) is 0 Å². The second-order valence-corrected chi connectivity index (χ2v) is 5.51. The van der Waals surface area contributed by atoms with Crippen LogP contribution < -0.4 is 42.0 Å². The third kappa shape index (κ3) is 4.47. The minimum Gasteiger partial charge on any atom is -0.497 e. The molecule has 1 aliphatic rings. The smallest absolute Gasteiger partial charge is 0.211 e. The summed E-state index contributed by atoms with van der Waals surface area (Å²) < 4.78 is 10.3. The largest absolute Gasteiger partial charge is 0.497 e. The first kappa shape index (κ1) is 17.6. The average Bonchev–Trinajstić information content (AvgIpc) is 2.69. The molecular formula is C17H23N7O2. The zero-order valence-electron chi connectivity index (χ0n) is 14.6. The van der Waals surface area contributed by atoms with Crippen molar-refractivity contribution in [2.75, 3.05) is 24.9 Å². The van der Waals surface area contributed by atoms with Crippen molar-refractivity contribution in [3.05, 3.63) is 48.5 Å². The third-order valence-electron chi connectivity index (χ3n) is 3.79. The summed E-state index contributed by atoms with van der Waals surface area (Å²) in [6.07, 6.45) is -0.672. The van der Waals surface area contributed by atoms with Crippen molar-refractivity contribution < 1.29 is 9.47 Å². The van der Waals surface area contributed by atoms with E-state index in [0.717, 1.165) is 22.9 Å². The molecule has 0 aliphatic carbocycles. The Balaban J connectivity index is 1.66. The lowest BCUT2D eigenvalue weighted by Gasteiger charge is -2.32. The maximum Gasteiger partial charge on any atom is 0.211 e. The summed E-state index contributed by atoms with van der Waals surface area (Å²) in [6, 6.07) is 15.2. The van der Waals surface area contributed by atoms with Gasteiger partial charge >= 0.3 is 0 Å². The molecule has 7 N–H and O–H groups in total. The molecule has 0 amide bonds. The van der Waals surface area contributed by atoms with Crippen LogP contribution in [-0.2, 0) is 0 Å². The molecule has 26 heavy (non-hydrogen) atoms. The summed E-state index contributed by atoms with van der Waals surface area (Å²) in [5.41, 5.74) is 4.36. The number of hydrazine groups is 1. The second kappa shape index (κ2) is 8.28.